The summed E-state index contributed by atoms with van der Waals surface area (Å²) < 4.78 is 2.87. The number of hydrogen-bond donors (Lipinski definition) is 1. The second-order valence-electron chi connectivity index (χ2n) is 6.48. The molecule has 0 saturated carbocycles. The molecule has 1 aromatic carbocycles. The predicted molar refractivity (Wildman–Crippen MR) is 119 cm³/mol. The van der Waals surface area contributed by atoms with Gasteiger partial charge in [-0.25, -0.2) is 0 Å². The van der Waals surface area contributed by atoms with E-state index in [9.17, 15) is 9.59 Å². The van der Waals surface area contributed by atoms with E-state index in [0.717, 1.165) is 20.9 Å². The summed E-state index contributed by atoms with van der Waals surface area (Å²) >= 11 is 8.75. The summed E-state index contributed by atoms with van der Waals surface area (Å²) in [5.74, 6) is -0.0694. The number of rotatable bonds is 6. The Labute approximate surface area is 178 Å². The molecular formula is C20H23BrN4O2S. The van der Waals surface area contributed by atoms with E-state index in [4.69, 9.17) is 12.2 Å². The molecule has 1 aliphatic heterocycles. The fraction of sp³-hybridized carbons (Fsp3) is 0.350. The zero-order valence-electron chi connectivity index (χ0n) is 16.2. The van der Waals surface area contributed by atoms with Gasteiger partial charge in [-0.3, -0.25) is 14.5 Å². The molecule has 2 heterocycles. The molecule has 0 atom stereocenters. The zero-order valence-corrected chi connectivity index (χ0v) is 18.6. The van der Waals surface area contributed by atoms with Gasteiger partial charge >= 0.3 is 0 Å². The number of nitrogens with one attached hydrogen (secondary N) is 1. The summed E-state index contributed by atoms with van der Waals surface area (Å²) in [4.78, 5) is 28.5. The van der Waals surface area contributed by atoms with Crippen molar-refractivity contribution in [3.8, 4) is 0 Å². The highest BCUT2D eigenvalue weighted by Crippen LogP contribution is 2.28. The third-order valence-corrected chi connectivity index (χ3v) is 5.69. The van der Waals surface area contributed by atoms with Crippen LogP contribution in [0.2, 0.25) is 0 Å². The fourth-order valence-electron chi connectivity index (χ4n) is 3.38. The van der Waals surface area contributed by atoms with Gasteiger partial charge in [0.1, 0.15) is 12.2 Å². The van der Waals surface area contributed by atoms with Gasteiger partial charge in [0.05, 0.1) is 0 Å². The van der Waals surface area contributed by atoms with Crippen LogP contribution in [0.5, 0.6) is 0 Å². The Morgan fingerprint density at radius 1 is 1.29 bits per heavy atom. The molecule has 2 aromatic rings. The van der Waals surface area contributed by atoms with Gasteiger partial charge in [-0.1, -0.05) is 15.9 Å². The van der Waals surface area contributed by atoms with Crippen LogP contribution in [-0.2, 0) is 16.1 Å². The van der Waals surface area contributed by atoms with Crippen LogP contribution in [0, 0.1) is 0 Å². The summed E-state index contributed by atoms with van der Waals surface area (Å²) in [6.45, 7) is 7.97. The van der Waals surface area contributed by atoms with Crippen molar-refractivity contribution in [3.05, 3.63) is 40.1 Å². The molecular weight excluding hydrogens is 440 g/mol. The Hall–Kier alpha value is -2.19. The number of hydrogen-bond acceptors (Lipinski definition) is 3. The van der Waals surface area contributed by atoms with E-state index in [0.29, 0.717) is 30.4 Å². The summed E-state index contributed by atoms with van der Waals surface area (Å²) in [5, 5.41) is 4.37. The second-order valence-corrected chi connectivity index (χ2v) is 7.78. The Morgan fingerprint density at radius 2 is 2.00 bits per heavy atom. The average molecular weight is 463 g/mol. The van der Waals surface area contributed by atoms with Crippen LogP contribution in [0.3, 0.4) is 0 Å². The van der Waals surface area contributed by atoms with Crippen LogP contribution in [0.1, 0.15) is 26.3 Å². The van der Waals surface area contributed by atoms with Crippen molar-refractivity contribution in [2.24, 2.45) is 0 Å². The summed E-state index contributed by atoms with van der Waals surface area (Å²) in [6, 6.07) is 5.92. The van der Waals surface area contributed by atoms with Crippen molar-refractivity contribution in [1.82, 2.24) is 19.7 Å². The predicted octanol–water partition coefficient (Wildman–Crippen LogP) is 3.35. The molecule has 1 aliphatic rings. The monoisotopic (exact) mass is 462 g/mol. The molecule has 1 saturated heterocycles. The first kappa shape index (κ1) is 20.5. The van der Waals surface area contributed by atoms with Gasteiger partial charge < -0.3 is 14.8 Å². The van der Waals surface area contributed by atoms with Gasteiger partial charge in [0.25, 0.3) is 5.91 Å². The van der Waals surface area contributed by atoms with Crippen molar-refractivity contribution in [1.29, 1.82) is 0 Å². The number of halogens is 1. The third kappa shape index (κ3) is 3.84. The first-order chi connectivity index (χ1) is 13.4. The molecule has 0 aliphatic carbocycles. The van der Waals surface area contributed by atoms with Gasteiger partial charge in [0.15, 0.2) is 5.11 Å². The lowest BCUT2D eigenvalue weighted by molar-refractivity contribution is -0.131. The van der Waals surface area contributed by atoms with Gasteiger partial charge in [0.2, 0.25) is 5.91 Å². The molecule has 2 amide bonds. The molecule has 1 aromatic heterocycles. The van der Waals surface area contributed by atoms with Crippen molar-refractivity contribution < 1.29 is 9.59 Å². The molecule has 0 bridgehead atoms. The Morgan fingerprint density at radius 3 is 2.61 bits per heavy atom. The molecule has 0 spiro atoms. The van der Waals surface area contributed by atoms with E-state index in [1.807, 2.05) is 54.6 Å². The lowest BCUT2D eigenvalue weighted by Crippen LogP contribution is -2.33. The molecule has 0 unspecified atom stereocenters. The first-order valence-corrected chi connectivity index (χ1v) is 10.5. The van der Waals surface area contributed by atoms with Crippen LogP contribution in [0.15, 0.2) is 34.6 Å². The average Bonchev–Trinajstić information content (AvgIpc) is 3.12. The van der Waals surface area contributed by atoms with E-state index >= 15 is 0 Å². The van der Waals surface area contributed by atoms with Crippen molar-refractivity contribution >= 4 is 62.1 Å². The standard InChI is InChI=1S/C20H23BrN4O2S/c1-4-23(5-2)18(26)12-24-11-13(15-10-14(21)7-8-17(15)24)9-16-19(27)25(6-3)20(28)22-16/h7-11H,4-6,12H2,1-3H3,(H,22,28)/b16-9-. The lowest BCUT2D eigenvalue weighted by Gasteiger charge is -2.19. The Kier molecular flexibility index (Phi) is 6.20. The fourth-order valence-corrected chi connectivity index (χ4v) is 4.06. The van der Waals surface area contributed by atoms with E-state index in [1.54, 1.807) is 6.08 Å². The van der Waals surface area contributed by atoms with E-state index < -0.39 is 0 Å². The van der Waals surface area contributed by atoms with E-state index in [1.165, 1.54) is 4.90 Å². The van der Waals surface area contributed by atoms with Crippen molar-refractivity contribution in [3.63, 3.8) is 0 Å². The largest absolute Gasteiger partial charge is 0.342 e. The minimum atomic E-state index is -0.136. The summed E-state index contributed by atoms with van der Waals surface area (Å²) in [5.41, 5.74) is 2.25. The SMILES string of the molecule is CCN(CC)C(=O)Cn1cc(/C=C2\NC(=S)N(CC)C2=O)c2cc(Br)ccc21. The molecule has 1 N–H and O–H groups in total. The number of benzene rings is 1. The topological polar surface area (TPSA) is 57.6 Å². The Balaban J connectivity index is 2.03. The van der Waals surface area contributed by atoms with Gasteiger partial charge in [-0.2, -0.15) is 0 Å². The summed E-state index contributed by atoms with van der Waals surface area (Å²) in [6.07, 6.45) is 3.72. The minimum Gasteiger partial charge on any atom is -0.342 e. The third-order valence-electron chi connectivity index (χ3n) is 4.87. The smallest absolute Gasteiger partial charge is 0.276 e. The van der Waals surface area contributed by atoms with Crippen molar-refractivity contribution in [2.45, 2.75) is 27.3 Å². The summed E-state index contributed by atoms with van der Waals surface area (Å²) in [7, 11) is 0. The number of aromatic nitrogens is 1. The minimum absolute atomic E-state index is 0.0671. The second kappa shape index (κ2) is 8.45. The molecule has 148 valence electrons. The molecule has 8 heteroatoms. The molecule has 6 nitrogen and oxygen atoms in total. The van der Waals surface area contributed by atoms with Crippen LogP contribution in [0.25, 0.3) is 17.0 Å². The van der Waals surface area contributed by atoms with Gasteiger partial charge in [-0.05, 0) is 57.3 Å². The number of carbonyl (C=O) groups is 2. The van der Waals surface area contributed by atoms with Crippen molar-refractivity contribution in [2.75, 3.05) is 19.6 Å². The van der Waals surface area contributed by atoms with Crippen LogP contribution < -0.4 is 5.32 Å². The van der Waals surface area contributed by atoms with Gasteiger partial charge in [-0.15, -0.1) is 0 Å². The number of thiocarbonyl (C=S) groups is 1. The number of likely N-dealkylation sites (N-methyl/N-ethyl adjacent to an activating group) is 2. The van der Waals surface area contributed by atoms with E-state index in [-0.39, 0.29) is 18.4 Å². The highest BCUT2D eigenvalue weighted by molar-refractivity contribution is 9.10. The maximum atomic E-state index is 12.6. The van der Waals surface area contributed by atoms with Gasteiger partial charge in [0, 0.05) is 46.8 Å². The highest BCUT2D eigenvalue weighted by atomic mass is 79.9. The maximum Gasteiger partial charge on any atom is 0.276 e. The van der Waals surface area contributed by atoms with Crippen LogP contribution in [-0.4, -0.2) is 50.9 Å². The molecule has 3 rings (SSSR count). The Bertz CT molecular complexity index is 978. The lowest BCUT2D eigenvalue weighted by atomic mass is 10.1. The number of nitrogens with zero attached hydrogens (tertiary/aromatic N) is 3. The molecule has 0 radical (unpaired) electrons. The maximum absolute atomic E-state index is 12.6. The number of fused-ring (bicyclic) bond motifs is 1. The van der Waals surface area contributed by atoms with Crippen LogP contribution in [0.4, 0.5) is 0 Å². The number of carbonyl (C=O) groups excluding carboxylic acids is 2. The number of amides is 2. The zero-order chi connectivity index (χ0) is 20.4. The highest BCUT2D eigenvalue weighted by Gasteiger charge is 2.29. The first-order valence-electron chi connectivity index (χ1n) is 9.30. The van der Waals surface area contributed by atoms with E-state index in [2.05, 4.69) is 21.2 Å². The van der Waals surface area contributed by atoms with Crippen LogP contribution >= 0.6 is 28.1 Å². The normalized spacial score (nSPS) is 15.6. The molecule has 1 fully saturated rings. The molecule has 28 heavy (non-hydrogen) atoms. The quantitative estimate of drug-likeness (QED) is 0.528.